The zero-order valence-electron chi connectivity index (χ0n) is 21.6. The summed E-state index contributed by atoms with van der Waals surface area (Å²) in [6, 6.07) is 15.0. The van der Waals surface area contributed by atoms with Crippen LogP contribution in [0.2, 0.25) is 0 Å². The van der Waals surface area contributed by atoms with Crippen LogP contribution in [0.15, 0.2) is 48.5 Å². The third-order valence-electron chi connectivity index (χ3n) is 7.42. The quantitative estimate of drug-likeness (QED) is 0.448. The van der Waals surface area contributed by atoms with Gasteiger partial charge in [0.25, 0.3) is 0 Å². The molecule has 1 N–H and O–H groups in total. The second kappa shape index (κ2) is 12.7. The number of anilines is 2. The molecule has 0 spiro atoms. The van der Waals surface area contributed by atoms with Crippen molar-refractivity contribution in [2.75, 3.05) is 36.4 Å². The van der Waals surface area contributed by atoms with Gasteiger partial charge in [0.15, 0.2) is 0 Å². The summed E-state index contributed by atoms with van der Waals surface area (Å²) in [5.74, 6) is -0.233. The van der Waals surface area contributed by atoms with Crippen molar-refractivity contribution in [3.63, 3.8) is 0 Å². The molecule has 190 valence electrons. The van der Waals surface area contributed by atoms with E-state index >= 15 is 4.39 Å². The minimum absolute atomic E-state index is 0.0617. The zero-order chi connectivity index (χ0) is 25.4. The Bertz CT molecular complexity index is 965. The summed E-state index contributed by atoms with van der Waals surface area (Å²) in [4.78, 5) is 29.8. The molecular formula is C29H40FN3O2. The Morgan fingerprint density at radius 1 is 1.00 bits per heavy atom. The maximum absolute atomic E-state index is 15.0. The van der Waals surface area contributed by atoms with Crippen molar-refractivity contribution in [3.05, 3.63) is 59.9 Å². The van der Waals surface area contributed by atoms with Gasteiger partial charge in [0.1, 0.15) is 5.82 Å². The molecule has 0 bridgehead atoms. The van der Waals surface area contributed by atoms with E-state index in [9.17, 15) is 9.59 Å². The predicted molar refractivity (Wildman–Crippen MR) is 141 cm³/mol. The van der Waals surface area contributed by atoms with Crippen molar-refractivity contribution in [1.82, 2.24) is 4.90 Å². The summed E-state index contributed by atoms with van der Waals surface area (Å²) in [6.45, 7) is 10.8. The van der Waals surface area contributed by atoms with Crippen LogP contribution in [0.5, 0.6) is 0 Å². The molecule has 0 aliphatic carbocycles. The van der Waals surface area contributed by atoms with Crippen molar-refractivity contribution >= 4 is 23.2 Å². The van der Waals surface area contributed by atoms with Crippen molar-refractivity contribution in [1.29, 1.82) is 0 Å². The monoisotopic (exact) mass is 481 g/mol. The first kappa shape index (κ1) is 26.7. The molecule has 1 saturated heterocycles. The van der Waals surface area contributed by atoms with Crippen LogP contribution in [0.25, 0.3) is 0 Å². The lowest BCUT2D eigenvalue weighted by molar-refractivity contribution is -0.134. The van der Waals surface area contributed by atoms with Gasteiger partial charge in [0.05, 0.1) is 11.6 Å². The Morgan fingerprint density at radius 3 is 2.17 bits per heavy atom. The molecule has 1 unspecified atom stereocenters. The third kappa shape index (κ3) is 6.41. The third-order valence-corrected chi connectivity index (χ3v) is 7.42. The number of benzene rings is 2. The topological polar surface area (TPSA) is 52.7 Å². The summed E-state index contributed by atoms with van der Waals surface area (Å²) in [7, 11) is 0. The zero-order valence-corrected chi connectivity index (χ0v) is 21.6. The summed E-state index contributed by atoms with van der Waals surface area (Å²) in [5, 5.41) is 2.85. The fourth-order valence-electron chi connectivity index (χ4n) is 5.23. The highest BCUT2D eigenvalue weighted by atomic mass is 19.1. The number of rotatable bonds is 10. The van der Waals surface area contributed by atoms with E-state index < -0.39 is 0 Å². The predicted octanol–water partition coefficient (Wildman–Crippen LogP) is 6.07. The SMILES string of the molecule is CCC(CC)C(=O)Nc1ccc(N2CCC(C(C(=O)N(CC)CC)c3ccccc3)CC2)c(F)c1. The molecule has 1 aliphatic heterocycles. The second-order valence-corrected chi connectivity index (χ2v) is 9.39. The number of piperidine rings is 1. The summed E-state index contributed by atoms with van der Waals surface area (Å²) >= 11 is 0. The first-order valence-electron chi connectivity index (χ1n) is 13.1. The van der Waals surface area contributed by atoms with Crippen molar-refractivity contribution in [2.24, 2.45) is 11.8 Å². The van der Waals surface area contributed by atoms with Crippen LogP contribution in [-0.2, 0) is 9.59 Å². The number of halogens is 1. The van der Waals surface area contributed by atoms with E-state index in [0.29, 0.717) is 37.6 Å². The Morgan fingerprint density at radius 2 is 1.63 bits per heavy atom. The fraction of sp³-hybridized carbons (Fsp3) is 0.517. The average molecular weight is 482 g/mol. The summed E-state index contributed by atoms with van der Waals surface area (Å²) < 4.78 is 15.0. The number of nitrogens with zero attached hydrogens (tertiary/aromatic N) is 2. The van der Waals surface area contributed by atoms with E-state index in [4.69, 9.17) is 0 Å². The van der Waals surface area contributed by atoms with Crippen LogP contribution in [0.3, 0.4) is 0 Å². The van der Waals surface area contributed by atoms with E-state index in [1.807, 2.05) is 62.9 Å². The van der Waals surface area contributed by atoms with Crippen molar-refractivity contribution in [2.45, 2.75) is 59.3 Å². The van der Waals surface area contributed by atoms with E-state index in [2.05, 4.69) is 10.2 Å². The minimum Gasteiger partial charge on any atom is -0.369 e. The Kier molecular flexibility index (Phi) is 9.70. The van der Waals surface area contributed by atoms with E-state index in [1.54, 1.807) is 12.1 Å². The minimum atomic E-state index is -0.329. The number of amides is 2. The second-order valence-electron chi connectivity index (χ2n) is 9.39. The van der Waals surface area contributed by atoms with Gasteiger partial charge in [0.2, 0.25) is 11.8 Å². The molecule has 0 radical (unpaired) electrons. The van der Waals surface area contributed by atoms with Gasteiger partial charge in [-0.3, -0.25) is 9.59 Å². The highest BCUT2D eigenvalue weighted by Crippen LogP contribution is 2.36. The molecule has 1 atom stereocenters. The van der Waals surface area contributed by atoms with Crippen LogP contribution in [0, 0.1) is 17.7 Å². The van der Waals surface area contributed by atoms with Crippen molar-refractivity contribution in [3.8, 4) is 0 Å². The van der Waals surface area contributed by atoms with E-state index in [-0.39, 0.29) is 35.4 Å². The summed E-state index contributed by atoms with van der Waals surface area (Å²) in [6.07, 6.45) is 3.16. The molecule has 2 aromatic carbocycles. The maximum atomic E-state index is 15.0. The highest BCUT2D eigenvalue weighted by Gasteiger charge is 2.35. The van der Waals surface area contributed by atoms with Crippen LogP contribution in [-0.4, -0.2) is 42.9 Å². The molecule has 2 aromatic rings. The molecule has 1 aliphatic rings. The van der Waals surface area contributed by atoms with Crippen LogP contribution in [0.4, 0.5) is 15.8 Å². The molecular weight excluding hydrogens is 441 g/mol. The van der Waals surface area contributed by atoms with Gasteiger partial charge in [-0.05, 0) is 69.2 Å². The molecule has 3 rings (SSSR count). The fourth-order valence-corrected chi connectivity index (χ4v) is 5.23. The lowest BCUT2D eigenvalue weighted by atomic mass is 9.79. The number of likely N-dealkylation sites (N-methyl/N-ethyl adjacent to an activating group) is 1. The number of nitrogens with one attached hydrogen (secondary N) is 1. The van der Waals surface area contributed by atoms with Crippen LogP contribution >= 0.6 is 0 Å². The van der Waals surface area contributed by atoms with Gasteiger partial charge in [-0.25, -0.2) is 4.39 Å². The Hall–Kier alpha value is -2.89. The normalized spacial score (nSPS) is 15.2. The molecule has 5 nitrogen and oxygen atoms in total. The van der Waals surface area contributed by atoms with E-state index in [0.717, 1.165) is 31.2 Å². The standard InChI is InChI=1S/C29H40FN3O2/c1-5-21(6-2)28(34)31-24-14-15-26(25(30)20-24)33-18-16-23(17-19-33)27(22-12-10-9-11-13-22)29(35)32(7-3)8-4/h9-15,20-21,23,27H,5-8,16-19H2,1-4H3,(H,31,34). The highest BCUT2D eigenvalue weighted by molar-refractivity contribution is 5.92. The lowest BCUT2D eigenvalue weighted by Gasteiger charge is -2.38. The molecule has 2 amide bonds. The molecule has 0 saturated carbocycles. The molecule has 0 aromatic heterocycles. The van der Waals surface area contributed by atoms with Gasteiger partial charge >= 0.3 is 0 Å². The molecule has 1 heterocycles. The van der Waals surface area contributed by atoms with Gasteiger partial charge in [-0.15, -0.1) is 0 Å². The van der Waals surface area contributed by atoms with Gasteiger partial charge in [0, 0.05) is 37.8 Å². The average Bonchev–Trinajstić information content (AvgIpc) is 2.87. The van der Waals surface area contributed by atoms with Crippen LogP contribution in [0.1, 0.15) is 64.9 Å². The summed E-state index contributed by atoms with van der Waals surface area (Å²) in [5.41, 5.74) is 2.11. The van der Waals surface area contributed by atoms with Gasteiger partial charge < -0.3 is 15.1 Å². The Balaban J connectivity index is 1.71. The van der Waals surface area contributed by atoms with Crippen molar-refractivity contribution < 1.29 is 14.0 Å². The lowest BCUT2D eigenvalue weighted by Crippen LogP contribution is -2.42. The number of hydrogen-bond donors (Lipinski definition) is 1. The number of carbonyl (C=O) groups is 2. The van der Waals surface area contributed by atoms with Crippen LogP contribution < -0.4 is 10.2 Å². The first-order valence-corrected chi connectivity index (χ1v) is 13.1. The molecule has 35 heavy (non-hydrogen) atoms. The molecule has 1 fully saturated rings. The number of carbonyl (C=O) groups excluding carboxylic acids is 2. The Labute approximate surface area is 209 Å². The number of hydrogen-bond acceptors (Lipinski definition) is 3. The largest absolute Gasteiger partial charge is 0.369 e. The molecule has 6 heteroatoms. The maximum Gasteiger partial charge on any atom is 0.230 e. The first-order chi connectivity index (χ1) is 16.9. The van der Waals surface area contributed by atoms with Gasteiger partial charge in [-0.1, -0.05) is 44.2 Å². The van der Waals surface area contributed by atoms with E-state index in [1.165, 1.54) is 6.07 Å². The smallest absolute Gasteiger partial charge is 0.230 e. The van der Waals surface area contributed by atoms with Gasteiger partial charge in [-0.2, -0.15) is 0 Å².